The number of aliphatic imine (C=N–C) groups is 1. The van der Waals surface area contributed by atoms with Gasteiger partial charge in [-0.05, 0) is 42.5 Å². The zero-order valence-electron chi connectivity index (χ0n) is 16.8. The number of hydrogen-bond donors (Lipinski definition) is 1. The van der Waals surface area contributed by atoms with Crippen molar-refractivity contribution in [2.24, 2.45) is 4.99 Å². The van der Waals surface area contributed by atoms with E-state index in [1.807, 2.05) is 37.0 Å². The molecule has 0 saturated heterocycles. The zero-order chi connectivity index (χ0) is 19.9. The van der Waals surface area contributed by atoms with Gasteiger partial charge in [-0.25, -0.2) is 9.97 Å². The Hall–Kier alpha value is -2.80. The molecule has 1 aromatic carbocycles. The van der Waals surface area contributed by atoms with Crippen molar-refractivity contribution >= 4 is 17.7 Å². The molecule has 0 spiro atoms. The van der Waals surface area contributed by atoms with Crippen molar-refractivity contribution in [2.75, 3.05) is 20.4 Å². The minimum absolute atomic E-state index is 0.665. The molecular formula is C21H26N6S. The first-order valence-corrected chi connectivity index (χ1v) is 10.3. The molecule has 1 N–H and O–H groups in total. The Morgan fingerprint density at radius 2 is 1.89 bits per heavy atom. The highest BCUT2D eigenvalue weighted by molar-refractivity contribution is 7.98. The molecule has 28 heavy (non-hydrogen) atoms. The normalized spacial score (nSPS) is 11.5. The van der Waals surface area contributed by atoms with Crippen LogP contribution >= 0.6 is 11.8 Å². The number of pyridine rings is 1. The predicted octanol–water partition coefficient (Wildman–Crippen LogP) is 3.51. The van der Waals surface area contributed by atoms with E-state index < -0.39 is 0 Å². The second-order valence-corrected chi connectivity index (χ2v) is 7.35. The topological polar surface area (TPSA) is 58.3 Å². The van der Waals surface area contributed by atoms with E-state index in [4.69, 9.17) is 0 Å². The molecule has 146 valence electrons. The molecule has 2 heterocycles. The average Bonchev–Trinajstić information content (AvgIpc) is 3.15. The number of nitrogens with one attached hydrogen (secondary N) is 1. The summed E-state index contributed by atoms with van der Waals surface area (Å²) in [4.78, 5) is 16.6. The van der Waals surface area contributed by atoms with Gasteiger partial charge in [0.1, 0.15) is 11.6 Å². The van der Waals surface area contributed by atoms with Gasteiger partial charge in [-0.2, -0.15) is 0 Å². The van der Waals surface area contributed by atoms with Crippen LogP contribution in [0.3, 0.4) is 0 Å². The average molecular weight is 395 g/mol. The van der Waals surface area contributed by atoms with Gasteiger partial charge in [0.15, 0.2) is 5.96 Å². The Balaban J connectivity index is 1.57. The lowest BCUT2D eigenvalue weighted by molar-refractivity contribution is 0.476. The minimum Gasteiger partial charge on any atom is -0.352 e. The third-order valence-corrected chi connectivity index (χ3v) is 5.23. The van der Waals surface area contributed by atoms with Gasteiger partial charge in [-0.1, -0.05) is 18.2 Å². The van der Waals surface area contributed by atoms with Crippen LogP contribution in [0.15, 0.2) is 64.9 Å². The molecule has 3 aromatic rings. The van der Waals surface area contributed by atoms with Crippen molar-refractivity contribution in [1.82, 2.24) is 24.8 Å². The van der Waals surface area contributed by atoms with Gasteiger partial charge < -0.3 is 10.2 Å². The fourth-order valence-electron chi connectivity index (χ4n) is 2.93. The van der Waals surface area contributed by atoms with Crippen LogP contribution in [0.5, 0.6) is 0 Å². The molecule has 0 amide bonds. The summed E-state index contributed by atoms with van der Waals surface area (Å²) in [6.07, 6.45) is 7.67. The molecule has 0 atom stereocenters. The second kappa shape index (κ2) is 9.41. The molecule has 0 aliphatic rings. The van der Waals surface area contributed by atoms with Crippen molar-refractivity contribution in [3.63, 3.8) is 0 Å². The Labute approximate surface area is 170 Å². The van der Waals surface area contributed by atoms with Gasteiger partial charge in [-0.15, -0.1) is 11.8 Å². The van der Waals surface area contributed by atoms with Crippen LogP contribution in [-0.4, -0.2) is 45.7 Å². The molecule has 0 bridgehead atoms. The molecule has 7 heteroatoms. The summed E-state index contributed by atoms with van der Waals surface area (Å²) in [5.41, 5.74) is 2.35. The van der Waals surface area contributed by atoms with E-state index in [0.717, 1.165) is 29.7 Å². The number of rotatable bonds is 6. The van der Waals surface area contributed by atoms with E-state index in [-0.39, 0.29) is 0 Å². The van der Waals surface area contributed by atoms with Gasteiger partial charge in [0.2, 0.25) is 0 Å². The zero-order valence-corrected chi connectivity index (χ0v) is 17.6. The highest BCUT2D eigenvalue weighted by atomic mass is 32.2. The number of imidazole rings is 1. The third kappa shape index (κ3) is 4.92. The Morgan fingerprint density at radius 1 is 1.14 bits per heavy atom. The van der Waals surface area contributed by atoms with Crippen LogP contribution in [0.25, 0.3) is 5.82 Å². The van der Waals surface area contributed by atoms with Crippen LogP contribution in [0, 0.1) is 6.92 Å². The molecule has 0 aliphatic heterocycles. The molecule has 0 aliphatic carbocycles. The van der Waals surface area contributed by atoms with Crippen LogP contribution in [-0.2, 0) is 13.1 Å². The monoisotopic (exact) mass is 394 g/mol. The first-order valence-electron chi connectivity index (χ1n) is 9.10. The highest BCUT2D eigenvalue weighted by Gasteiger charge is 2.08. The van der Waals surface area contributed by atoms with Crippen molar-refractivity contribution < 1.29 is 0 Å². The van der Waals surface area contributed by atoms with E-state index in [1.165, 1.54) is 10.5 Å². The Bertz CT molecular complexity index is 915. The molecular weight excluding hydrogens is 368 g/mol. The predicted molar refractivity (Wildman–Crippen MR) is 116 cm³/mol. The molecule has 6 nitrogen and oxygen atoms in total. The summed E-state index contributed by atoms with van der Waals surface area (Å²) < 4.78 is 1.96. The SMILES string of the molecule is CN=C(NCc1ccc(-n2ccnc2C)nc1)N(C)Cc1ccc(SC)cc1. The van der Waals surface area contributed by atoms with Gasteiger partial charge >= 0.3 is 0 Å². The smallest absolute Gasteiger partial charge is 0.193 e. The number of guanidine groups is 1. The lowest BCUT2D eigenvalue weighted by Crippen LogP contribution is -2.38. The van der Waals surface area contributed by atoms with Gasteiger partial charge in [-0.3, -0.25) is 9.56 Å². The highest BCUT2D eigenvalue weighted by Crippen LogP contribution is 2.15. The summed E-state index contributed by atoms with van der Waals surface area (Å²) in [5, 5.41) is 3.41. The number of nitrogens with zero attached hydrogens (tertiary/aromatic N) is 5. The fourth-order valence-corrected chi connectivity index (χ4v) is 3.34. The molecule has 3 rings (SSSR count). The van der Waals surface area contributed by atoms with Gasteiger partial charge in [0.05, 0.1) is 0 Å². The van der Waals surface area contributed by atoms with Crippen molar-refractivity contribution in [3.8, 4) is 5.82 Å². The maximum absolute atomic E-state index is 4.54. The lowest BCUT2D eigenvalue weighted by Gasteiger charge is -2.22. The Morgan fingerprint density at radius 3 is 2.46 bits per heavy atom. The lowest BCUT2D eigenvalue weighted by atomic mass is 10.2. The van der Waals surface area contributed by atoms with Crippen LogP contribution in [0.4, 0.5) is 0 Å². The van der Waals surface area contributed by atoms with E-state index in [9.17, 15) is 0 Å². The van der Waals surface area contributed by atoms with Crippen LogP contribution in [0.1, 0.15) is 17.0 Å². The van der Waals surface area contributed by atoms with Crippen molar-refractivity contribution in [2.45, 2.75) is 24.9 Å². The Kier molecular flexibility index (Phi) is 6.71. The van der Waals surface area contributed by atoms with Crippen molar-refractivity contribution in [1.29, 1.82) is 0 Å². The molecule has 0 saturated carbocycles. The van der Waals surface area contributed by atoms with Crippen LogP contribution in [0.2, 0.25) is 0 Å². The van der Waals surface area contributed by atoms with E-state index in [2.05, 4.69) is 61.8 Å². The number of aryl methyl sites for hydroxylation is 1. The maximum Gasteiger partial charge on any atom is 0.193 e. The maximum atomic E-state index is 4.54. The largest absolute Gasteiger partial charge is 0.352 e. The van der Waals surface area contributed by atoms with Crippen molar-refractivity contribution in [3.05, 3.63) is 71.9 Å². The molecule has 0 unspecified atom stereocenters. The number of hydrogen-bond acceptors (Lipinski definition) is 4. The van der Waals surface area contributed by atoms with Gasteiger partial charge in [0.25, 0.3) is 0 Å². The second-order valence-electron chi connectivity index (χ2n) is 6.47. The molecule has 2 aromatic heterocycles. The van der Waals surface area contributed by atoms with E-state index in [0.29, 0.717) is 6.54 Å². The van der Waals surface area contributed by atoms with Gasteiger partial charge in [0, 0.05) is 50.7 Å². The summed E-state index contributed by atoms with van der Waals surface area (Å²) in [6.45, 7) is 3.43. The minimum atomic E-state index is 0.665. The van der Waals surface area contributed by atoms with E-state index in [1.54, 1.807) is 25.0 Å². The fraction of sp³-hybridized carbons (Fsp3) is 0.286. The number of benzene rings is 1. The molecule has 0 fully saturated rings. The third-order valence-electron chi connectivity index (χ3n) is 4.48. The number of thioether (sulfide) groups is 1. The summed E-state index contributed by atoms with van der Waals surface area (Å²) in [6, 6.07) is 12.7. The first-order chi connectivity index (χ1) is 13.6. The quantitative estimate of drug-likeness (QED) is 0.394. The van der Waals surface area contributed by atoms with Crippen LogP contribution < -0.4 is 5.32 Å². The summed E-state index contributed by atoms with van der Waals surface area (Å²) >= 11 is 1.75. The first kappa shape index (κ1) is 19.9. The summed E-state index contributed by atoms with van der Waals surface area (Å²) in [7, 11) is 3.85. The number of aromatic nitrogens is 3. The summed E-state index contributed by atoms with van der Waals surface area (Å²) in [5.74, 6) is 2.64. The van der Waals surface area contributed by atoms with E-state index >= 15 is 0 Å². The standard InChI is InChI=1S/C21H26N6S/c1-16-23-11-12-27(16)20-10-7-18(13-24-20)14-25-21(22-2)26(3)15-17-5-8-19(28-4)9-6-17/h5-13H,14-15H2,1-4H3,(H,22,25). The molecule has 0 radical (unpaired) electrons.